The average molecular weight is 230 g/mol. The Morgan fingerprint density at radius 1 is 1.06 bits per heavy atom. The molecule has 1 aromatic rings. The van der Waals surface area contributed by atoms with E-state index in [1.807, 2.05) is 0 Å². The van der Waals surface area contributed by atoms with Crippen LogP contribution in [-0.4, -0.2) is 37.0 Å². The van der Waals surface area contributed by atoms with Crippen LogP contribution in [-0.2, 0) is 6.54 Å². The highest BCUT2D eigenvalue weighted by atomic mass is 15.2. The third-order valence-electron chi connectivity index (χ3n) is 4.48. The molecule has 0 saturated carbocycles. The maximum Gasteiger partial charge on any atom is 0.0380 e. The van der Waals surface area contributed by atoms with Gasteiger partial charge < -0.3 is 4.90 Å². The summed E-state index contributed by atoms with van der Waals surface area (Å²) in [6, 6.07) is 9.66. The molecule has 0 spiro atoms. The van der Waals surface area contributed by atoms with Crippen molar-refractivity contribution in [1.82, 2.24) is 9.80 Å². The molecule has 2 heterocycles. The molecule has 1 atom stereocenters. The molecule has 2 aliphatic heterocycles. The summed E-state index contributed by atoms with van der Waals surface area (Å²) in [5, 5.41) is 0. The third-order valence-corrected chi connectivity index (χ3v) is 4.48. The Bertz CT molecular complexity index is 394. The highest BCUT2D eigenvalue weighted by Gasteiger charge is 2.34. The van der Waals surface area contributed by atoms with E-state index >= 15 is 0 Å². The Kier molecular flexibility index (Phi) is 2.93. The molecule has 0 aromatic heterocycles. The van der Waals surface area contributed by atoms with Gasteiger partial charge in [-0.3, -0.25) is 4.90 Å². The lowest BCUT2D eigenvalue weighted by Gasteiger charge is -2.36. The summed E-state index contributed by atoms with van der Waals surface area (Å²) in [6.45, 7) is 3.65. The molecule has 0 amide bonds. The van der Waals surface area contributed by atoms with Gasteiger partial charge in [0.05, 0.1) is 0 Å². The van der Waals surface area contributed by atoms with Crippen molar-refractivity contribution >= 4 is 0 Å². The first-order valence-electron chi connectivity index (χ1n) is 6.72. The van der Waals surface area contributed by atoms with Crippen molar-refractivity contribution < 1.29 is 0 Å². The van der Waals surface area contributed by atoms with E-state index in [1.165, 1.54) is 25.9 Å². The molecule has 2 heteroatoms. The minimum atomic E-state index is 0.667. The van der Waals surface area contributed by atoms with Crippen molar-refractivity contribution in [1.29, 1.82) is 0 Å². The van der Waals surface area contributed by atoms with Crippen LogP contribution in [0.15, 0.2) is 24.3 Å². The first-order valence-corrected chi connectivity index (χ1v) is 6.72. The molecule has 0 radical (unpaired) electrons. The zero-order valence-electron chi connectivity index (χ0n) is 10.9. The number of piperidine rings is 1. The minimum absolute atomic E-state index is 0.667. The van der Waals surface area contributed by atoms with Gasteiger partial charge in [-0.2, -0.15) is 0 Å². The first kappa shape index (κ1) is 11.2. The molecule has 2 aliphatic rings. The second-order valence-electron chi connectivity index (χ2n) is 5.70. The summed E-state index contributed by atoms with van der Waals surface area (Å²) in [7, 11) is 4.52. The quantitative estimate of drug-likeness (QED) is 0.731. The summed E-state index contributed by atoms with van der Waals surface area (Å²) in [4.78, 5) is 5.00. The minimum Gasteiger partial charge on any atom is -0.306 e. The molecule has 17 heavy (non-hydrogen) atoms. The van der Waals surface area contributed by atoms with Gasteiger partial charge >= 0.3 is 0 Å². The predicted molar refractivity (Wildman–Crippen MR) is 70.9 cm³/mol. The number of nitrogens with zero attached hydrogens (tertiary/aromatic N) is 2. The van der Waals surface area contributed by atoms with Crippen molar-refractivity contribution in [3.63, 3.8) is 0 Å². The van der Waals surface area contributed by atoms with Gasteiger partial charge in [0.1, 0.15) is 0 Å². The largest absolute Gasteiger partial charge is 0.306 e. The molecule has 0 aliphatic carbocycles. The van der Waals surface area contributed by atoms with E-state index in [1.54, 1.807) is 11.1 Å². The van der Waals surface area contributed by atoms with Crippen molar-refractivity contribution in [2.24, 2.45) is 5.92 Å². The van der Waals surface area contributed by atoms with Crippen LogP contribution in [0.3, 0.4) is 0 Å². The number of hydrogen-bond donors (Lipinski definition) is 0. The second kappa shape index (κ2) is 4.43. The Morgan fingerprint density at radius 2 is 1.76 bits per heavy atom. The highest BCUT2D eigenvalue weighted by molar-refractivity contribution is 5.34. The van der Waals surface area contributed by atoms with E-state index in [0.29, 0.717) is 6.04 Å². The van der Waals surface area contributed by atoms with Crippen LogP contribution >= 0.6 is 0 Å². The van der Waals surface area contributed by atoms with E-state index in [9.17, 15) is 0 Å². The van der Waals surface area contributed by atoms with Crippen LogP contribution in [0.4, 0.5) is 0 Å². The topological polar surface area (TPSA) is 6.48 Å². The van der Waals surface area contributed by atoms with E-state index < -0.39 is 0 Å². The molecule has 92 valence electrons. The predicted octanol–water partition coefficient (Wildman–Crippen LogP) is 2.51. The molecule has 2 nitrogen and oxygen atoms in total. The smallest absolute Gasteiger partial charge is 0.0380 e. The molecular formula is C15H22N2. The molecule has 1 saturated heterocycles. The number of likely N-dealkylation sites (tertiary alicyclic amines) is 1. The second-order valence-corrected chi connectivity index (χ2v) is 5.70. The van der Waals surface area contributed by atoms with Crippen LogP contribution in [0.5, 0.6) is 0 Å². The zero-order chi connectivity index (χ0) is 11.8. The maximum atomic E-state index is 2.54. The van der Waals surface area contributed by atoms with E-state index in [0.717, 1.165) is 12.5 Å². The van der Waals surface area contributed by atoms with Gasteiger partial charge in [0.15, 0.2) is 0 Å². The molecule has 1 fully saturated rings. The van der Waals surface area contributed by atoms with Crippen molar-refractivity contribution in [3.8, 4) is 0 Å². The zero-order valence-corrected chi connectivity index (χ0v) is 10.9. The Morgan fingerprint density at radius 3 is 2.53 bits per heavy atom. The fraction of sp³-hybridized carbons (Fsp3) is 0.600. The summed E-state index contributed by atoms with van der Waals surface area (Å²) in [5.41, 5.74) is 3.13. The van der Waals surface area contributed by atoms with E-state index in [2.05, 4.69) is 48.2 Å². The maximum absolute atomic E-state index is 2.54. The molecule has 0 N–H and O–H groups in total. The number of benzene rings is 1. The lowest BCUT2D eigenvalue weighted by Crippen LogP contribution is -2.35. The van der Waals surface area contributed by atoms with Gasteiger partial charge in [0.2, 0.25) is 0 Å². The normalized spacial score (nSPS) is 27.3. The third kappa shape index (κ3) is 2.00. The molecule has 1 aromatic carbocycles. The Hall–Kier alpha value is -0.860. The van der Waals surface area contributed by atoms with Crippen LogP contribution in [0, 0.1) is 5.92 Å². The molecule has 0 bridgehead atoms. The Balaban J connectivity index is 1.83. The average Bonchev–Trinajstić information content (AvgIpc) is 2.66. The summed E-state index contributed by atoms with van der Waals surface area (Å²) < 4.78 is 0. The van der Waals surface area contributed by atoms with Crippen LogP contribution in [0.1, 0.15) is 30.0 Å². The fourth-order valence-electron chi connectivity index (χ4n) is 3.53. The number of fused-ring (bicyclic) bond motifs is 1. The van der Waals surface area contributed by atoms with E-state index in [-0.39, 0.29) is 0 Å². The fourth-order valence-corrected chi connectivity index (χ4v) is 3.53. The van der Waals surface area contributed by atoms with Gasteiger partial charge in [-0.1, -0.05) is 24.3 Å². The van der Waals surface area contributed by atoms with Gasteiger partial charge in [0.25, 0.3) is 0 Å². The summed E-state index contributed by atoms with van der Waals surface area (Å²) >= 11 is 0. The molecular weight excluding hydrogens is 208 g/mol. The lowest BCUT2D eigenvalue weighted by molar-refractivity contribution is 0.125. The summed E-state index contributed by atoms with van der Waals surface area (Å²) in [6.07, 6.45) is 2.69. The van der Waals surface area contributed by atoms with Crippen molar-refractivity contribution in [3.05, 3.63) is 35.4 Å². The van der Waals surface area contributed by atoms with Gasteiger partial charge in [0, 0.05) is 12.6 Å². The van der Waals surface area contributed by atoms with Gasteiger partial charge in [-0.25, -0.2) is 0 Å². The monoisotopic (exact) mass is 230 g/mol. The number of rotatable bonds is 1. The van der Waals surface area contributed by atoms with Gasteiger partial charge in [-0.05, 0) is 57.1 Å². The van der Waals surface area contributed by atoms with Crippen LogP contribution < -0.4 is 0 Å². The SMILES string of the molecule is CN1CCC(C2c3ccccc3CN2C)CC1. The lowest BCUT2D eigenvalue weighted by atomic mass is 9.85. The van der Waals surface area contributed by atoms with E-state index in [4.69, 9.17) is 0 Å². The van der Waals surface area contributed by atoms with Crippen molar-refractivity contribution in [2.45, 2.75) is 25.4 Å². The van der Waals surface area contributed by atoms with Gasteiger partial charge in [-0.15, -0.1) is 0 Å². The first-order chi connectivity index (χ1) is 8.25. The molecule has 3 rings (SSSR count). The molecule has 1 unspecified atom stereocenters. The van der Waals surface area contributed by atoms with Crippen LogP contribution in [0.2, 0.25) is 0 Å². The highest BCUT2D eigenvalue weighted by Crippen LogP contribution is 2.41. The van der Waals surface area contributed by atoms with Crippen LogP contribution in [0.25, 0.3) is 0 Å². The van der Waals surface area contributed by atoms with Crippen molar-refractivity contribution in [2.75, 3.05) is 27.2 Å². The standard InChI is InChI=1S/C15H22N2/c1-16-9-7-12(8-10-16)15-14-6-4-3-5-13(14)11-17(15)2/h3-6,12,15H,7-11H2,1-2H3. The Labute approximate surface area is 104 Å². The number of hydrogen-bond acceptors (Lipinski definition) is 2. The summed E-state index contributed by atoms with van der Waals surface area (Å²) in [5.74, 6) is 0.847.